The molecule has 1 unspecified atom stereocenters. The predicted molar refractivity (Wildman–Crippen MR) is 282 cm³/mol. The Labute approximate surface area is 424 Å². The molecule has 0 saturated carbocycles. The molecule has 2 nitrogen and oxygen atoms in total. The van der Waals surface area contributed by atoms with Crippen LogP contribution in [0.2, 0.25) is 0 Å². The van der Waals surface area contributed by atoms with Crippen LogP contribution in [0.3, 0.4) is 0 Å². The number of rotatable bonds is 7. The van der Waals surface area contributed by atoms with Gasteiger partial charge in [-0.2, -0.15) is 0 Å². The quantitative estimate of drug-likeness (QED) is 0.0495. The summed E-state index contributed by atoms with van der Waals surface area (Å²) in [6, 6.07) is 71.0. The van der Waals surface area contributed by atoms with Crippen molar-refractivity contribution in [3.63, 3.8) is 0 Å². The molecule has 0 radical (unpaired) electrons. The Balaban J connectivity index is 0.000000177. The van der Waals surface area contributed by atoms with Gasteiger partial charge in [-0.15, -0.1) is 35.4 Å². The molecule has 2 aromatic heterocycles. The van der Waals surface area contributed by atoms with Gasteiger partial charge in [0.2, 0.25) is 0 Å². The normalized spacial score (nSPS) is 11.5. The van der Waals surface area contributed by atoms with Gasteiger partial charge in [0.05, 0.1) is 5.31 Å². The molecule has 10 rings (SSSR count). The molecule has 10 aromatic rings. The van der Waals surface area contributed by atoms with E-state index in [1.165, 1.54) is 64.4 Å². The molecular weight excluding hydrogens is 1200 g/mol. The Morgan fingerprint density at radius 1 is 0.439 bits per heavy atom. The summed E-state index contributed by atoms with van der Waals surface area (Å²) < 4.78 is 4.32. The van der Waals surface area contributed by atoms with Crippen molar-refractivity contribution in [1.29, 1.82) is 0 Å². The fourth-order valence-electron chi connectivity index (χ4n) is 8.67. The fourth-order valence-corrected chi connectivity index (χ4v) is 14.8. The molecule has 0 N–H and O–H groups in total. The van der Waals surface area contributed by atoms with Gasteiger partial charge in [0.15, 0.2) is 0 Å². The molecule has 0 aliphatic carbocycles. The van der Waals surface area contributed by atoms with Crippen molar-refractivity contribution in [2.75, 3.05) is 0 Å². The molecular formula is C60H50Au2N2P2+2. The molecule has 2 heterocycles. The van der Waals surface area contributed by atoms with E-state index >= 15 is 0 Å². The Morgan fingerprint density at radius 2 is 0.818 bits per heavy atom. The second kappa shape index (κ2) is 23.7. The summed E-state index contributed by atoms with van der Waals surface area (Å²) in [5.41, 5.74) is 6.38. The van der Waals surface area contributed by atoms with Gasteiger partial charge in [0.25, 0.3) is 0 Å². The van der Waals surface area contributed by atoms with Crippen molar-refractivity contribution in [1.82, 2.24) is 9.13 Å². The summed E-state index contributed by atoms with van der Waals surface area (Å²) in [6.45, 7) is 4.29. The Morgan fingerprint density at radius 3 is 1.24 bits per heavy atom. The fraction of sp³-hybridized carbons (Fsp3) is 0.0667. The van der Waals surface area contributed by atoms with E-state index in [0.29, 0.717) is 0 Å². The van der Waals surface area contributed by atoms with Crippen LogP contribution < -0.4 is 26.5 Å². The number of allylic oxidation sites excluding steroid dienone is 4. The molecule has 0 spiro atoms. The summed E-state index contributed by atoms with van der Waals surface area (Å²) in [5.74, 6) is 4.85. The van der Waals surface area contributed by atoms with Crippen LogP contribution in [-0.2, 0) is 58.9 Å². The van der Waals surface area contributed by atoms with Gasteiger partial charge in [-0.3, -0.25) is 11.8 Å². The number of nitrogens with zero attached hydrogens (tertiary/aromatic N) is 2. The first kappa shape index (κ1) is 49.7. The number of aromatic nitrogens is 2. The van der Waals surface area contributed by atoms with E-state index < -0.39 is 15.8 Å². The molecule has 0 fully saturated rings. The van der Waals surface area contributed by atoms with Gasteiger partial charge < -0.3 is 22.0 Å². The largest absolute Gasteiger partial charge is 1.00 e. The van der Waals surface area contributed by atoms with Crippen molar-refractivity contribution in [2.45, 2.75) is 13.8 Å². The molecule has 1 atom stereocenters. The van der Waals surface area contributed by atoms with Gasteiger partial charge in [-0.05, 0) is 86.7 Å². The van der Waals surface area contributed by atoms with Crippen LogP contribution in [0.1, 0.15) is 25.0 Å². The van der Waals surface area contributed by atoms with Crippen LogP contribution in [0.4, 0.5) is 0 Å². The smallest absolute Gasteiger partial charge is 0.366 e. The summed E-state index contributed by atoms with van der Waals surface area (Å²) in [6.07, 6.45) is 21.1. The van der Waals surface area contributed by atoms with E-state index in [9.17, 15) is 0 Å². The number of benzene rings is 8. The van der Waals surface area contributed by atoms with Crippen molar-refractivity contribution < 1.29 is 44.8 Å². The molecule has 66 heavy (non-hydrogen) atoms. The minimum atomic E-state index is -1.14. The third kappa shape index (κ3) is 10.6. The van der Waals surface area contributed by atoms with Crippen molar-refractivity contribution in [3.8, 4) is 11.8 Å². The summed E-state index contributed by atoms with van der Waals surface area (Å²) in [5, 5.41) is 13.7. The van der Waals surface area contributed by atoms with E-state index in [2.05, 4.69) is 231 Å². The Bertz CT molecular complexity index is 3190. The van der Waals surface area contributed by atoms with Crippen LogP contribution in [0.25, 0.3) is 43.6 Å². The zero-order valence-corrected chi connectivity index (χ0v) is 43.6. The zero-order valence-electron chi connectivity index (χ0n) is 37.3. The first-order chi connectivity index (χ1) is 31.4. The molecule has 0 amide bonds. The van der Waals surface area contributed by atoms with Gasteiger partial charge in [-0.1, -0.05) is 121 Å². The predicted octanol–water partition coefficient (Wildman–Crippen LogP) is 12.4. The van der Waals surface area contributed by atoms with E-state index in [1.54, 1.807) is 0 Å². The third-order valence-corrected chi connectivity index (χ3v) is 17.7. The maximum Gasteiger partial charge on any atom is 1.00 e. The number of aryl methyl sites for hydroxylation is 2. The maximum absolute atomic E-state index is 7.16. The van der Waals surface area contributed by atoms with Gasteiger partial charge in [0, 0.05) is 57.7 Å². The molecule has 0 saturated heterocycles. The minimum Gasteiger partial charge on any atom is -0.366 e. The SMILES string of the molecule is C/C=C\C(=C/C)[PH+](c1ccccc1)c1ccccc1[PH+](c1ccccc1)c1ccccc1.[Au+].[Au+].[C-]#Cc1ccc2c3ccccc3n(C)c2c1.[C-]#Cc1ccc2c3ccccc3n(C)c2c1. The van der Waals surface area contributed by atoms with E-state index in [0.717, 1.165) is 22.2 Å². The molecule has 6 heteroatoms. The number of fused-ring (bicyclic) bond motifs is 6. The topological polar surface area (TPSA) is 9.86 Å². The van der Waals surface area contributed by atoms with Gasteiger partial charge >= 0.3 is 44.8 Å². The summed E-state index contributed by atoms with van der Waals surface area (Å²) in [7, 11) is 1.83. The second-order valence-corrected chi connectivity index (χ2v) is 20.4. The van der Waals surface area contributed by atoms with Gasteiger partial charge in [0.1, 0.15) is 42.4 Å². The maximum atomic E-state index is 7.16. The molecule has 8 aromatic carbocycles. The van der Waals surface area contributed by atoms with Crippen LogP contribution in [0.5, 0.6) is 0 Å². The average Bonchev–Trinajstić information content (AvgIpc) is 3.81. The first-order valence-corrected chi connectivity index (χ1v) is 24.5. The van der Waals surface area contributed by atoms with Gasteiger partial charge in [-0.25, -0.2) is 0 Å². The monoisotopic (exact) mass is 1250 g/mol. The van der Waals surface area contributed by atoms with Crippen LogP contribution in [0.15, 0.2) is 224 Å². The zero-order chi connectivity index (χ0) is 44.4. The Hall–Kier alpha value is -5.70. The number of hydrogen-bond donors (Lipinski definition) is 0. The van der Waals surface area contributed by atoms with Crippen LogP contribution in [-0.4, -0.2) is 9.13 Å². The molecule has 0 aliphatic heterocycles. The minimum absolute atomic E-state index is 0. The first-order valence-electron chi connectivity index (χ1n) is 21.5. The number of hydrogen-bond acceptors (Lipinski definition) is 0. The molecule has 0 aliphatic rings. The standard InChI is InChI=1S/C30H28P2.2C15H10N.2Au/c1-3-16-25(4-2)31(26-17-8-5-9-18-26)29-23-14-15-24-30(29)32(27-19-10-6-11-20-27)28-21-12-7-13-22-28;2*1-3-11-8-9-13-12-6-4-5-7-14(12)16(2)15(13)10-11;;/h3-24H,1-2H3;2*4-10H,2H3;;/q;2*-1;2*+1/p+2/b16-3-,25-4+;;;;. The van der Waals surface area contributed by atoms with Crippen molar-refractivity contribution >= 4 is 86.0 Å². The summed E-state index contributed by atoms with van der Waals surface area (Å²) >= 11 is 0. The summed E-state index contributed by atoms with van der Waals surface area (Å²) in [4.78, 5) is 0. The third-order valence-electron chi connectivity index (χ3n) is 11.7. The average molecular weight is 1250 g/mol. The Kier molecular flexibility index (Phi) is 17.8. The van der Waals surface area contributed by atoms with E-state index in [1.807, 2.05) is 36.4 Å². The molecule has 330 valence electrons. The van der Waals surface area contributed by atoms with Crippen molar-refractivity contribution in [3.05, 3.63) is 248 Å². The van der Waals surface area contributed by atoms with E-state index in [4.69, 9.17) is 12.8 Å². The van der Waals surface area contributed by atoms with E-state index in [-0.39, 0.29) is 44.8 Å². The van der Waals surface area contributed by atoms with Crippen molar-refractivity contribution in [2.24, 2.45) is 14.1 Å². The second-order valence-electron chi connectivity index (χ2n) is 15.5. The number of para-hydroxylation sites is 2. The van der Waals surface area contributed by atoms with Crippen LogP contribution in [0, 0.1) is 24.7 Å². The van der Waals surface area contributed by atoms with Crippen LogP contribution >= 0.6 is 15.8 Å². The molecule has 0 bridgehead atoms.